The molecular weight excluding hydrogens is 242 g/mol. The summed E-state index contributed by atoms with van der Waals surface area (Å²) in [6.07, 6.45) is 1.74. The number of hydrogen-bond acceptors (Lipinski definition) is 6. The van der Waals surface area contributed by atoms with Gasteiger partial charge in [0.1, 0.15) is 0 Å². The Morgan fingerprint density at radius 3 is 2.47 bits per heavy atom. The van der Waals surface area contributed by atoms with Gasteiger partial charge in [-0.2, -0.15) is 15.0 Å². The maximum absolute atomic E-state index is 6.16. The van der Waals surface area contributed by atoms with E-state index in [1.54, 1.807) is 0 Å². The highest BCUT2D eigenvalue weighted by atomic mass is 35.5. The van der Waals surface area contributed by atoms with E-state index in [4.69, 9.17) is 22.1 Å². The molecule has 1 aromatic heterocycles. The molecular formula is C10H18ClN5O. The number of methoxy groups -OCH3 is 1. The molecule has 0 aliphatic rings. The minimum absolute atomic E-state index is 0.0926. The van der Waals surface area contributed by atoms with Crippen molar-refractivity contribution in [1.82, 2.24) is 15.0 Å². The molecule has 0 fully saturated rings. The van der Waals surface area contributed by atoms with E-state index in [0.717, 1.165) is 12.8 Å². The van der Waals surface area contributed by atoms with Gasteiger partial charge in [-0.1, -0.05) is 13.8 Å². The molecule has 1 rings (SSSR count). The lowest BCUT2D eigenvalue weighted by atomic mass is 9.94. The molecule has 0 atom stereocenters. The zero-order valence-electron chi connectivity index (χ0n) is 10.3. The highest BCUT2D eigenvalue weighted by Crippen LogP contribution is 2.14. The molecule has 1 aromatic rings. The molecule has 7 heteroatoms. The van der Waals surface area contributed by atoms with Gasteiger partial charge in [-0.05, 0) is 24.4 Å². The van der Waals surface area contributed by atoms with Gasteiger partial charge < -0.3 is 15.8 Å². The number of rotatable bonds is 6. The number of nitrogens with one attached hydrogen (secondary N) is 1. The van der Waals surface area contributed by atoms with Crippen LogP contribution in [-0.2, 0) is 0 Å². The van der Waals surface area contributed by atoms with E-state index in [0.29, 0.717) is 12.5 Å². The second-order valence-electron chi connectivity index (χ2n) is 3.84. The third-order valence-corrected chi connectivity index (χ3v) is 2.95. The molecule has 0 spiro atoms. The van der Waals surface area contributed by atoms with Crippen LogP contribution in [0.25, 0.3) is 0 Å². The maximum Gasteiger partial charge on any atom is 0.322 e. The van der Waals surface area contributed by atoms with Crippen molar-refractivity contribution in [3.05, 3.63) is 5.28 Å². The average Bonchev–Trinajstić information content (AvgIpc) is 2.35. The van der Waals surface area contributed by atoms with Crippen molar-refractivity contribution in [2.24, 2.45) is 5.73 Å². The SMILES string of the molecule is CCC(N)(CC)CNc1nc(Cl)nc(OC)n1. The van der Waals surface area contributed by atoms with E-state index in [9.17, 15) is 0 Å². The Morgan fingerprint density at radius 1 is 1.29 bits per heavy atom. The van der Waals surface area contributed by atoms with Crippen LogP contribution in [-0.4, -0.2) is 34.1 Å². The van der Waals surface area contributed by atoms with Gasteiger partial charge in [-0.25, -0.2) is 0 Å². The highest BCUT2D eigenvalue weighted by molar-refractivity contribution is 6.28. The van der Waals surface area contributed by atoms with Crippen LogP contribution in [0, 0.1) is 0 Å². The number of nitrogens with zero attached hydrogens (tertiary/aromatic N) is 3. The zero-order chi connectivity index (χ0) is 12.9. The van der Waals surface area contributed by atoms with E-state index in [-0.39, 0.29) is 16.8 Å². The van der Waals surface area contributed by atoms with Crippen molar-refractivity contribution in [3.63, 3.8) is 0 Å². The molecule has 0 saturated heterocycles. The summed E-state index contributed by atoms with van der Waals surface area (Å²) in [5.41, 5.74) is 5.88. The number of halogens is 1. The van der Waals surface area contributed by atoms with Crippen molar-refractivity contribution in [2.75, 3.05) is 19.0 Å². The summed E-state index contributed by atoms with van der Waals surface area (Å²) < 4.78 is 4.90. The zero-order valence-corrected chi connectivity index (χ0v) is 11.1. The number of anilines is 1. The topological polar surface area (TPSA) is 86.0 Å². The Morgan fingerprint density at radius 2 is 1.94 bits per heavy atom. The summed E-state index contributed by atoms with van der Waals surface area (Å²) in [4.78, 5) is 11.8. The Kier molecular flexibility index (Phi) is 4.89. The molecule has 0 radical (unpaired) electrons. The number of aromatic nitrogens is 3. The van der Waals surface area contributed by atoms with Crippen LogP contribution in [0.2, 0.25) is 5.28 Å². The fraction of sp³-hybridized carbons (Fsp3) is 0.700. The van der Waals surface area contributed by atoms with Crippen molar-refractivity contribution < 1.29 is 4.74 Å². The molecule has 17 heavy (non-hydrogen) atoms. The van der Waals surface area contributed by atoms with Crippen LogP contribution < -0.4 is 15.8 Å². The third kappa shape index (κ3) is 3.98. The highest BCUT2D eigenvalue weighted by Gasteiger charge is 2.20. The number of hydrogen-bond donors (Lipinski definition) is 2. The Labute approximate surface area is 106 Å². The van der Waals surface area contributed by atoms with Crippen LogP contribution in [0.5, 0.6) is 6.01 Å². The quantitative estimate of drug-likeness (QED) is 0.805. The molecule has 0 bridgehead atoms. The average molecular weight is 260 g/mol. The van der Waals surface area contributed by atoms with Gasteiger partial charge >= 0.3 is 6.01 Å². The lowest BCUT2D eigenvalue weighted by molar-refractivity contribution is 0.377. The summed E-state index contributed by atoms with van der Waals surface area (Å²) in [5.74, 6) is 0.374. The van der Waals surface area contributed by atoms with E-state index >= 15 is 0 Å². The first-order valence-electron chi connectivity index (χ1n) is 5.51. The molecule has 0 amide bonds. The van der Waals surface area contributed by atoms with Gasteiger partial charge in [0.2, 0.25) is 11.2 Å². The van der Waals surface area contributed by atoms with E-state index in [2.05, 4.69) is 20.3 Å². The first-order valence-corrected chi connectivity index (χ1v) is 5.89. The first kappa shape index (κ1) is 13.9. The van der Waals surface area contributed by atoms with Gasteiger partial charge in [-0.3, -0.25) is 0 Å². The first-order chi connectivity index (χ1) is 8.03. The Bertz CT molecular complexity index is 370. The van der Waals surface area contributed by atoms with Crippen LogP contribution in [0.4, 0.5) is 5.95 Å². The van der Waals surface area contributed by atoms with E-state index < -0.39 is 0 Å². The third-order valence-electron chi connectivity index (χ3n) is 2.78. The maximum atomic E-state index is 6.16. The lowest BCUT2D eigenvalue weighted by Gasteiger charge is -2.26. The monoisotopic (exact) mass is 259 g/mol. The van der Waals surface area contributed by atoms with Gasteiger partial charge in [0.15, 0.2) is 0 Å². The van der Waals surface area contributed by atoms with E-state index in [1.165, 1.54) is 7.11 Å². The molecule has 96 valence electrons. The minimum atomic E-state index is -0.271. The van der Waals surface area contributed by atoms with Crippen LogP contribution >= 0.6 is 11.6 Å². The Hall–Kier alpha value is -1.14. The number of ether oxygens (including phenoxy) is 1. The largest absolute Gasteiger partial charge is 0.467 e. The van der Waals surface area contributed by atoms with Crippen LogP contribution in [0.15, 0.2) is 0 Å². The molecule has 6 nitrogen and oxygen atoms in total. The van der Waals surface area contributed by atoms with Crippen molar-refractivity contribution >= 4 is 17.5 Å². The summed E-state index contributed by atoms with van der Waals surface area (Å²) in [6.45, 7) is 4.67. The molecule has 0 saturated carbocycles. The van der Waals surface area contributed by atoms with Gasteiger partial charge in [0.05, 0.1) is 7.11 Å². The smallest absolute Gasteiger partial charge is 0.322 e. The van der Waals surface area contributed by atoms with Crippen molar-refractivity contribution in [2.45, 2.75) is 32.2 Å². The van der Waals surface area contributed by atoms with Gasteiger partial charge in [-0.15, -0.1) is 0 Å². The molecule has 0 unspecified atom stereocenters. The summed E-state index contributed by atoms with van der Waals surface area (Å²) in [7, 11) is 1.47. The predicted octanol–water partition coefficient (Wildman–Crippen LogP) is 1.46. The summed E-state index contributed by atoms with van der Waals surface area (Å²) in [6, 6.07) is 0.183. The molecule has 1 heterocycles. The fourth-order valence-corrected chi connectivity index (χ4v) is 1.41. The summed E-state index contributed by atoms with van der Waals surface area (Å²) in [5, 5.41) is 3.14. The molecule has 0 aromatic carbocycles. The predicted molar refractivity (Wildman–Crippen MR) is 67.4 cm³/mol. The Balaban J connectivity index is 2.72. The molecule has 0 aliphatic carbocycles. The van der Waals surface area contributed by atoms with Crippen molar-refractivity contribution in [3.8, 4) is 6.01 Å². The second kappa shape index (κ2) is 5.97. The van der Waals surface area contributed by atoms with Crippen LogP contribution in [0.3, 0.4) is 0 Å². The van der Waals surface area contributed by atoms with Crippen LogP contribution in [0.1, 0.15) is 26.7 Å². The fourth-order valence-electron chi connectivity index (χ4n) is 1.26. The molecule has 0 aliphatic heterocycles. The summed E-state index contributed by atoms with van der Waals surface area (Å²) >= 11 is 5.73. The van der Waals surface area contributed by atoms with Gasteiger partial charge in [0.25, 0.3) is 0 Å². The van der Waals surface area contributed by atoms with Crippen molar-refractivity contribution in [1.29, 1.82) is 0 Å². The normalized spacial score (nSPS) is 11.4. The minimum Gasteiger partial charge on any atom is -0.467 e. The van der Waals surface area contributed by atoms with E-state index in [1.807, 2.05) is 13.8 Å². The van der Waals surface area contributed by atoms with Gasteiger partial charge in [0, 0.05) is 12.1 Å². The lowest BCUT2D eigenvalue weighted by Crippen LogP contribution is -2.45. The second-order valence-corrected chi connectivity index (χ2v) is 4.18. The number of nitrogens with two attached hydrogens (primary N) is 1. The standard InChI is InChI=1S/C10H18ClN5O/c1-4-10(12,5-2)6-13-8-14-7(11)15-9(16-8)17-3/h4-6,12H2,1-3H3,(H,13,14,15,16). The molecule has 3 N–H and O–H groups in total.